The number of halogens is 4. The Bertz CT molecular complexity index is 770. The first-order chi connectivity index (χ1) is 12.0. The molecule has 1 fully saturated rings. The van der Waals surface area contributed by atoms with Crippen LogP contribution in [0, 0.1) is 0 Å². The number of hydrogen-bond acceptors (Lipinski definition) is 2. The second-order valence-electron chi connectivity index (χ2n) is 6.26. The van der Waals surface area contributed by atoms with Gasteiger partial charge < -0.3 is 10.2 Å². The number of hydrogen-bond donors (Lipinski definition) is 1. The number of likely N-dealkylation sites (N-methyl/N-ethyl adjacent to an activating group) is 1. The van der Waals surface area contributed by atoms with Crippen molar-refractivity contribution in [3.8, 4) is 0 Å². The summed E-state index contributed by atoms with van der Waals surface area (Å²) in [5.41, 5.74) is 1.79. The second kappa shape index (κ2) is 9.43. The minimum Gasteiger partial charge on any atom is -0.338 e. The maximum Gasteiger partial charge on any atom is 0.253 e. The Labute approximate surface area is 178 Å². The minimum absolute atomic E-state index is 0. The maximum absolute atomic E-state index is 12.9. The van der Waals surface area contributed by atoms with E-state index in [4.69, 9.17) is 23.2 Å². The highest BCUT2D eigenvalue weighted by molar-refractivity contribution is 9.10. The predicted octanol–water partition coefficient (Wildman–Crippen LogP) is 5.40. The number of carbonyl (C=O) groups is 1. The highest BCUT2D eigenvalue weighted by atomic mass is 79.9. The standard InChI is InChI=1S/C19H19BrCl2N2O.ClH/c1-24(19(25)12-2-5-14(20)6-3-12)18-8-9-23-11-15(18)13-4-7-16(21)17(22)10-13;/h2-7,10,15,18,23H,8-9,11H2,1H3;1H. The zero-order chi connectivity index (χ0) is 18.0. The zero-order valence-electron chi connectivity index (χ0n) is 14.2. The number of benzene rings is 2. The molecule has 2 unspecified atom stereocenters. The van der Waals surface area contributed by atoms with Gasteiger partial charge in [-0.05, 0) is 54.9 Å². The number of piperidine rings is 1. The summed E-state index contributed by atoms with van der Waals surface area (Å²) in [4.78, 5) is 14.8. The van der Waals surface area contributed by atoms with Gasteiger partial charge in [0.2, 0.25) is 0 Å². The molecule has 0 saturated carbocycles. The molecule has 1 aliphatic rings. The van der Waals surface area contributed by atoms with Crippen LogP contribution in [0.15, 0.2) is 46.9 Å². The van der Waals surface area contributed by atoms with Gasteiger partial charge in [-0.25, -0.2) is 0 Å². The van der Waals surface area contributed by atoms with Gasteiger partial charge in [0.05, 0.1) is 10.0 Å². The van der Waals surface area contributed by atoms with Crippen LogP contribution in [-0.2, 0) is 0 Å². The summed E-state index contributed by atoms with van der Waals surface area (Å²) in [5, 5.41) is 4.51. The molecular weight excluding hydrogens is 458 g/mol. The third-order valence-corrected chi connectivity index (χ3v) is 5.99. The first kappa shape index (κ1) is 21.5. The van der Waals surface area contributed by atoms with E-state index >= 15 is 0 Å². The van der Waals surface area contributed by atoms with Crippen LogP contribution in [-0.4, -0.2) is 37.0 Å². The summed E-state index contributed by atoms with van der Waals surface area (Å²) < 4.78 is 0.960. The summed E-state index contributed by atoms with van der Waals surface area (Å²) in [6.45, 7) is 1.70. The summed E-state index contributed by atoms with van der Waals surface area (Å²) in [6, 6.07) is 13.3. The average Bonchev–Trinajstić information content (AvgIpc) is 2.63. The van der Waals surface area contributed by atoms with Gasteiger partial charge in [0.25, 0.3) is 5.91 Å². The smallest absolute Gasteiger partial charge is 0.253 e. The molecule has 3 rings (SSSR count). The zero-order valence-corrected chi connectivity index (χ0v) is 18.1. The number of rotatable bonds is 3. The van der Waals surface area contributed by atoms with Crippen LogP contribution in [0.25, 0.3) is 0 Å². The maximum atomic E-state index is 12.9. The van der Waals surface area contributed by atoms with Gasteiger partial charge >= 0.3 is 0 Å². The molecule has 3 nitrogen and oxygen atoms in total. The average molecular weight is 479 g/mol. The van der Waals surface area contributed by atoms with Gasteiger partial charge in [0, 0.05) is 35.6 Å². The molecule has 1 aliphatic heterocycles. The van der Waals surface area contributed by atoms with Crippen LogP contribution in [0.4, 0.5) is 0 Å². The Morgan fingerprint density at radius 3 is 2.50 bits per heavy atom. The summed E-state index contributed by atoms with van der Waals surface area (Å²) >= 11 is 15.6. The van der Waals surface area contributed by atoms with Crippen molar-refractivity contribution in [3.63, 3.8) is 0 Å². The van der Waals surface area contributed by atoms with Crippen LogP contribution >= 0.6 is 51.5 Å². The van der Waals surface area contributed by atoms with Crippen molar-refractivity contribution in [1.29, 1.82) is 0 Å². The van der Waals surface area contributed by atoms with E-state index in [9.17, 15) is 4.79 Å². The molecule has 1 saturated heterocycles. The molecule has 2 aromatic rings. The van der Waals surface area contributed by atoms with E-state index < -0.39 is 0 Å². The lowest BCUT2D eigenvalue weighted by Crippen LogP contribution is -2.49. The van der Waals surface area contributed by atoms with Crippen molar-refractivity contribution in [2.75, 3.05) is 20.1 Å². The molecule has 1 heterocycles. The SMILES string of the molecule is CN(C(=O)c1ccc(Br)cc1)C1CCNCC1c1ccc(Cl)c(Cl)c1.Cl. The number of nitrogens with one attached hydrogen (secondary N) is 1. The molecule has 0 aromatic heterocycles. The van der Waals surface area contributed by atoms with Crippen molar-refractivity contribution in [2.24, 2.45) is 0 Å². The minimum atomic E-state index is 0. The number of carbonyl (C=O) groups excluding carboxylic acids is 1. The summed E-state index contributed by atoms with van der Waals surface area (Å²) in [7, 11) is 1.88. The fourth-order valence-electron chi connectivity index (χ4n) is 3.34. The third-order valence-electron chi connectivity index (χ3n) is 4.73. The first-order valence-corrected chi connectivity index (χ1v) is 9.70. The van der Waals surface area contributed by atoms with E-state index in [-0.39, 0.29) is 30.3 Å². The van der Waals surface area contributed by atoms with Crippen molar-refractivity contribution < 1.29 is 4.79 Å². The Morgan fingerprint density at radius 1 is 1.15 bits per heavy atom. The van der Waals surface area contributed by atoms with Crippen molar-refractivity contribution in [1.82, 2.24) is 10.2 Å². The molecule has 140 valence electrons. The Kier molecular flexibility index (Phi) is 7.80. The fourth-order valence-corrected chi connectivity index (χ4v) is 3.91. The summed E-state index contributed by atoms with van der Waals surface area (Å²) in [5.74, 6) is 0.206. The topological polar surface area (TPSA) is 32.3 Å². The van der Waals surface area contributed by atoms with E-state index in [1.165, 1.54) is 0 Å². The lowest BCUT2D eigenvalue weighted by molar-refractivity contribution is 0.0679. The van der Waals surface area contributed by atoms with E-state index in [1.54, 1.807) is 0 Å². The van der Waals surface area contributed by atoms with Gasteiger partial charge in [-0.3, -0.25) is 4.79 Å². The number of nitrogens with zero attached hydrogens (tertiary/aromatic N) is 1. The van der Waals surface area contributed by atoms with E-state index in [0.717, 1.165) is 29.5 Å². The van der Waals surface area contributed by atoms with Gasteiger partial charge in [-0.15, -0.1) is 12.4 Å². The highest BCUT2D eigenvalue weighted by Gasteiger charge is 2.32. The van der Waals surface area contributed by atoms with Crippen LogP contribution in [0.2, 0.25) is 10.0 Å². The normalized spacial score (nSPS) is 19.5. The molecule has 0 radical (unpaired) electrons. The van der Waals surface area contributed by atoms with E-state index in [0.29, 0.717) is 15.6 Å². The van der Waals surface area contributed by atoms with Crippen molar-refractivity contribution in [2.45, 2.75) is 18.4 Å². The molecule has 0 bridgehead atoms. The van der Waals surface area contributed by atoms with Crippen molar-refractivity contribution in [3.05, 3.63) is 68.1 Å². The van der Waals surface area contributed by atoms with Gasteiger partial charge in [0.1, 0.15) is 0 Å². The lowest BCUT2D eigenvalue weighted by atomic mass is 9.85. The fraction of sp³-hybridized carbons (Fsp3) is 0.316. The molecule has 0 aliphatic carbocycles. The number of amides is 1. The summed E-state index contributed by atoms with van der Waals surface area (Å²) in [6.07, 6.45) is 0.893. The molecular formula is C19H20BrCl3N2O. The molecule has 1 N–H and O–H groups in total. The van der Waals surface area contributed by atoms with Crippen LogP contribution in [0.5, 0.6) is 0 Å². The van der Waals surface area contributed by atoms with Crippen LogP contribution in [0.1, 0.15) is 28.3 Å². The Hall–Kier alpha value is -0.780. The quantitative estimate of drug-likeness (QED) is 0.641. The predicted molar refractivity (Wildman–Crippen MR) is 114 cm³/mol. The molecule has 7 heteroatoms. The van der Waals surface area contributed by atoms with Crippen LogP contribution in [0.3, 0.4) is 0 Å². The highest BCUT2D eigenvalue weighted by Crippen LogP contribution is 2.32. The van der Waals surface area contributed by atoms with Crippen LogP contribution < -0.4 is 5.32 Å². The molecule has 26 heavy (non-hydrogen) atoms. The third kappa shape index (κ3) is 4.73. The Balaban J connectivity index is 0.00000243. The van der Waals surface area contributed by atoms with Gasteiger partial charge in [0.15, 0.2) is 0 Å². The molecule has 1 amide bonds. The van der Waals surface area contributed by atoms with Crippen molar-refractivity contribution >= 4 is 57.4 Å². The first-order valence-electron chi connectivity index (χ1n) is 8.16. The lowest BCUT2D eigenvalue weighted by Gasteiger charge is -2.39. The van der Waals surface area contributed by atoms with Gasteiger partial charge in [-0.2, -0.15) is 0 Å². The molecule has 2 aromatic carbocycles. The molecule has 2 atom stereocenters. The van der Waals surface area contributed by atoms with E-state index in [2.05, 4.69) is 21.2 Å². The van der Waals surface area contributed by atoms with Gasteiger partial charge in [-0.1, -0.05) is 45.2 Å². The van der Waals surface area contributed by atoms with E-state index in [1.807, 2.05) is 54.4 Å². The second-order valence-corrected chi connectivity index (χ2v) is 7.99. The largest absolute Gasteiger partial charge is 0.338 e. The monoisotopic (exact) mass is 476 g/mol. The Morgan fingerprint density at radius 2 is 1.85 bits per heavy atom. The molecule has 0 spiro atoms.